The fourth-order valence-electron chi connectivity index (χ4n) is 4.47. The average molecular weight is 419 g/mol. The highest BCUT2D eigenvalue weighted by atomic mass is 32.2. The van der Waals surface area contributed by atoms with Crippen molar-refractivity contribution in [3.8, 4) is 23.1 Å². The van der Waals surface area contributed by atoms with Crippen molar-refractivity contribution >= 4 is 15.6 Å². The number of benzene rings is 2. The lowest BCUT2D eigenvalue weighted by atomic mass is 9.90. The van der Waals surface area contributed by atoms with Gasteiger partial charge in [-0.15, -0.1) is 0 Å². The van der Waals surface area contributed by atoms with Gasteiger partial charge < -0.3 is 4.74 Å². The Bertz CT molecular complexity index is 1340. The average Bonchev–Trinajstić information content (AvgIpc) is 3.27. The molecule has 0 bridgehead atoms. The molecule has 1 aromatic heterocycles. The van der Waals surface area contributed by atoms with E-state index in [1.165, 1.54) is 12.1 Å². The number of aryl methyl sites for hydroxylation is 1. The van der Waals surface area contributed by atoms with E-state index in [0.29, 0.717) is 18.6 Å². The molecule has 150 valence electrons. The zero-order valence-corrected chi connectivity index (χ0v) is 16.9. The number of fused-ring (bicyclic) bond motifs is 3. The molecule has 2 heterocycles. The highest BCUT2D eigenvalue weighted by Gasteiger charge is 2.44. The minimum atomic E-state index is -4.18. The predicted molar refractivity (Wildman–Crippen MR) is 108 cm³/mol. The lowest BCUT2D eigenvalue weighted by molar-refractivity contribution is 0.0993. The van der Waals surface area contributed by atoms with Gasteiger partial charge in [-0.2, -0.15) is 10.4 Å². The number of nitrogens with zero attached hydrogens (tertiary/aromatic N) is 3. The van der Waals surface area contributed by atoms with E-state index < -0.39 is 20.9 Å². The van der Waals surface area contributed by atoms with Crippen molar-refractivity contribution in [2.24, 2.45) is 7.05 Å². The Kier molecular flexibility index (Phi) is 4.05. The molecule has 2 aliphatic rings. The first-order chi connectivity index (χ1) is 14.4. The molecule has 0 fully saturated rings. The molecule has 5 rings (SSSR count). The summed E-state index contributed by atoms with van der Waals surface area (Å²) in [5.41, 5.74) is 3.45. The number of hydrogen-bond donors (Lipinski definition) is 0. The maximum atomic E-state index is 13.4. The zero-order valence-electron chi connectivity index (χ0n) is 16.1. The fraction of sp³-hybridized carbons (Fsp3) is 0.227. The topological polar surface area (TPSA) is 102 Å². The van der Waals surface area contributed by atoms with E-state index in [1.54, 1.807) is 36.0 Å². The van der Waals surface area contributed by atoms with E-state index in [2.05, 4.69) is 5.10 Å². The van der Waals surface area contributed by atoms with Gasteiger partial charge in [0.2, 0.25) is 20.9 Å². The lowest BCUT2D eigenvalue weighted by Crippen LogP contribution is -2.30. The molecule has 0 saturated heterocycles. The van der Waals surface area contributed by atoms with Crippen LogP contribution in [0, 0.1) is 11.3 Å². The first-order valence-corrected chi connectivity index (χ1v) is 11.1. The third kappa shape index (κ3) is 2.45. The van der Waals surface area contributed by atoms with Crippen molar-refractivity contribution in [1.82, 2.24) is 9.78 Å². The second kappa shape index (κ2) is 6.54. The summed E-state index contributed by atoms with van der Waals surface area (Å²) in [7, 11) is -2.45. The minimum Gasteiger partial charge on any atom is -0.493 e. The third-order valence-corrected chi connectivity index (χ3v) is 7.61. The number of Topliss-reactive ketones (excluding diaryl/α,β-unsaturated/α-hetero) is 1. The number of sulfone groups is 1. The van der Waals surface area contributed by atoms with Crippen molar-refractivity contribution in [3.05, 3.63) is 65.4 Å². The summed E-state index contributed by atoms with van der Waals surface area (Å²) in [6, 6.07) is 15.0. The second-order valence-corrected chi connectivity index (χ2v) is 9.41. The summed E-state index contributed by atoms with van der Waals surface area (Å²) < 4.78 is 33.4. The molecule has 30 heavy (non-hydrogen) atoms. The molecule has 0 saturated carbocycles. The molecule has 8 heteroatoms. The van der Waals surface area contributed by atoms with Crippen molar-refractivity contribution in [2.45, 2.75) is 22.5 Å². The van der Waals surface area contributed by atoms with E-state index in [9.17, 15) is 18.5 Å². The first-order valence-electron chi connectivity index (χ1n) is 9.51. The van der Waals surface area contributed by atoms with Crippen molar-refractivity contribution < 1.29 is 17.9 Å². The van der Waals surface area contributed by atoms with Gasteiger partial charge >= 0.3 is 0 Å². The summed E-state index contributed by atoms with van der Waals surface area (Å²) in [4.78, 5) is 13.3. The molecule has 3 aromatic rings. The van der Waals surface area contributed by atoms with Crippen molar-refractivity contribution in [2.75, 3.05) is 6.61 Å². The standard InChI is InChI=1S/C22H17N3O4S/c1-25-21-15-8-5-9-16-18(15)14(10-11-29-16)19(21)20(24-25)22(26)17(12-23)30(27,28)13-6-3-2-4-7-13/h2-9,14,17H,10-11H2,1H3. The molecule has 1 aliphatic carbocycles. The lowest BCUT2D eigenvalue weighted by Gasteiger charge is -2.23. The van der Waals surface area contributed by atoms with Gasteiger partial charge in [0.1, 0.15) is 11.4 Å². The van der Waals surface area contributed by atoms with Gasteiger partial charge in [-0.25, -0.2) is 8.42 Å². The van der Waals surface area contributed by atoms with Gasteiger partial charge in [-0.3, -0.25) is 9.48 Å². The van der Waals surface area contributed by atoms with Crippen LogP contribution in [0.5, 0.6) is 5.75 Å². The SMILES string of the molecule is Cn1nc(C(=O)C(C#N)S(=O)(=O)c2ccccc2)c2c1-c1cccc3c1C2CCO3. The number of rotatable bonds is 4. The summed E-state index contributed by atoms with van der Waals surface area (Å²) in [5, 5.41) is 12.2. The first kappa shape index (κ1) is 18.6. The molecule has 0 radical (unpaired) electrons. The highest BCUT2D eigenvalue weighted by Crippen LogP contribution is 2.53. The van der Waals surface area contributed by atoms with Crippen LogP contribution in [0.25, 0.3) is 11.3 Å². The van der Waals surface area contributed by atoms with E-state index in [0.717, 1.165) is 22.6 Å². The molecular weight excluding hydrogens is 402 g/mol. The third-order valence-electron chi connectivity index (χ3n) is 5.74. The van der Waals surface area contributed by atoms with Gasteiger partial charge in [0.15, 0.2) is 0 Å². The van der Waals surface area contributed by atoms with Crippen LogP contribution in [-0.4, -0.2) is 35.8 Å². The van der Waals surface area contributed by atoms with E-state index in [1.807, 2.05) is 18.2 Å². The monoisotopic (exact) mass is 419 g/mol. The smallest absolute Gasteiger partial charge is 0.216 e. The fourth-order valence-corrected chi connectivity index (χ4v) is 5.81. The Morgan fingerprint density at radius 2 is 1.97 bits per heavy atom. The molecule has 0 spiro atoms. The number of carbonyl (C=O) groups is 1. The molecule has 1 aliphatic heterocycles. The molecular formula is C22H17N3O4S. The molecule has 0 amide bonds. The van der Waals surface area contributed by atoms with Gasteiger partial charge in [0, 0.05) is 29.7 Å². The van der Waals surface area contributed by atoms with Crippen LogP contribution in [-0.2, 0) is 16.9 Å². The number of nitriles is 1. The largest absolute Gasteiger partial charge is 0.493 e. The Hall–Kier alpha value is -3.44. The quantitative estimate of drug-likeness (QED) is 0.603. The Labute approximate surface area is 173 Å². The number of hydrogen-bond acceptors (Lipinski definition) is 6. The van der Waals surface area contributed by atoms with Gasteiger partial charge in [0.05, 0.1) is 23.3 Å². The maximum Gasteiger partial charge on any atom is 0.216 e. The van der Waals surface area contributed by atoms with Crippen LogP contribution in [0.3, 0.4) is 0 Å². The molecule has 2 aromatic carbocycles. The number of ketones is 1. The summed E-state index contributed by atoms with van der Waals surface area (Å²) in [5.74, 6) is -0.127. The Morgan fingerprint density at radius 1 is 1.20 bits per heavy atom. The Morgan fingerprint density at radius 3 is 2.70 bits per heavy atom. The minimum absolute atomic E-state index is 0.0487. The molecule has 2 unspecified atom stereocenters. The highest BCUT2D eigenvalue weighted by molar-refractivity contribution is 7.93. The second-order valence-electron chi connectivity index (χ2n) is 7.37. The molecule has 2 atom stereocenters. The summed E-state index contributed by atoms with van der Waals surface area (Å²) in [6.07, 6.45) is 0.658. The molecule has 7 nitrogen and oxygen atoms in total. The van der Waals surface area contributed by atoms with Crippen LogP contribution in [0.15, 0.2) is 53.4 Å². The normalized spacial score (nSPS) is 17.4. The van der Waals surface area contributed by atoms with E-state index in [-0.39, 0.29) is 16.5 Å². The summed E-state index contributed by atoms with van der Waals surface area (Å²) in [6.45, 7) is 0.493. The van der Waals surface area contributed by atoms with Crippen LogP contribution in [0.2, 0.25) is 0 Å². The van der Waals surface area contributed by atoms with E-state index >= 15 is 0 Å². The van der Waals surface area contributed by atoms with Crippen LogP contribution >= 0.6 is 0 Å². The zero-order chi connectivity index (χ0) is 21.0. The summed E-state index contributed by atoms with van der Waals surface area (Å²) >= 11 is 0. The van der Waals surface area contributed by atoms with Crippen LogP contribution in [0.4, 0.5) is 0 Å². The Balaban J connectivity index is 1.65. The van der Waals surface area contributed by atoms with Crippen molar-refractivity contribution in [3.63, 3.8) is 0 Å². The van der Waals surface area contributed by atoms with Gasteiger partial charge in [0.25, 0.3) is 0 Å². The van der Waals surface area contributed by atoms with Gasteiger partial charge in [-0.05, 0) is 24.6 Å². The van der Waals surface area contributed by atoms with Crippen LogP contribution < -0.4 is 4.74 Å². The van der Waals surface area contributed by atoms with Crippen molar-refractivity contribution in [1.29, 1.82) is 5.26 Å². The maximum absolute atomic E-state index is 13.4. The molecule has 0 N–H and O–H groups in total. The number of aromatic nitrogens is 2. The van der Waals surface area contributed by atoms with E-state index in [4.69, 9.17) is 4.74 Å². The number of carbonyl (C=O) groups excluding carboxylic acids is 1. The number of ether oxygens (including phenoxy) is 1. The predicted octanol–water partition coefficient (Wildman–Crippen LogP) is 2.86. The van der Waals surface area contributed by atoms with Crippen LogP contribution in [0.1, 0.15) is 34.0 Å². The van der Waals surface area contributed by atoms with Gasteiger partial charge in [-0.1, -0.05) is 30.3 Å².